The molecule has 0 radical (unpaired) electrons. The molecule has 2 heterocycles. The van der Waals surface area contributed by atoms with Crippen LogP contribution in [0.5, 0.6) is 0 Å². The van der Waals surface area contributed by atoms with Crippen molar-refractivity contribution in [2.75, 3.05) is 5.73 Å². The molecule has 100 valence electrons. The van der Waals surface area contributed by atoms with Gasteiger partial charge in [0.1, 0.15) is 5.82 Å². The molecule has 0 aliphatic rings. The number of rotatable bonds is 2. The van der Waals surface area contributed by atoms with Crippen LogP contribution in [0.2, 0.25) is 0 Å². The average Bonchev–Trinajstić information content (AvgIpc) is 2.84. The van der Waals surface area contributed by atoms with Crippen molar-refractivity contribution in [2.24, 2.45) is 0 Å². The van der Waals surface area contributed by atoms with Crippen LogP contribution in [0.15, 0.2) is 47.2 Å². The number of halogens is 2. The van der Waals surface area contributed by atoms with Crippen LogP contribution < -0.4 is 5.73 Å². The van der Waals surface area contributed by atoms with E-state index in [9.17, 15) is 4.39 Å². The first-order valence-electron chi connectivity index (χ1n) is 5.86. The van der Waals surface area contributed by atoms with Crippen molar-refractivity contribution < 1.29 is 4.39 Å². The lowest BCUT2D eigenvalue weighted by molar-refractivity contribution is 0.628. The van der Waals surface area contributed by atoms with Gasteiger partial charge in [-0.15, -0.1) is 0 Å². The smallest absolute Gasteiger partial charge is 0.153 e. The number of nitrogens with one attached hydrogen (secondary N) is 1. The highest BCUT2D eigenvalue weighted by Gasteiger charge is 2.17. The van der Waals surface area contributed by atoms with Gasteiger partial charge in [-0.05, 0) is 35.9 Å². The topological polar surface area (TPSA) is 67.6 Å². The maximum atomic E-state index is 13.5. The molecular formula is C14H10BrFN4. The third kappa shape index (κ3) is 2.18. The molecule has 0 fully saturated rings. The molecule has 3 aromatic rings. The average molecular weight is 333 g/mol. The van der Waals surface area contributed by atoms with E-state index in [0.717, 1.165) is 15.6 Å². The van der Waals surface area contributed by atoms with Gasteiger partial charge >= 0.3 is 0 Å². The summed E-state index contributed by atoms with van der Waals surface area (Å²) in [5.41, 5.74) is 8.87. The Balaban J connectivity index is 2.24. The Bertz CT molecular complexity index is 755. The first-order valence-corrected chi connectivity index (χ1v) is 6.66. The molecule has 0 atom stereocenters. The van der Waals surface area contributed by atoms with Gasteiger partial charge in [-0.3, -0.25) is 10.1 Å². The number of benzene rings is 1. The molecule has 6 heteroatoms. The van der Waals surface area contributed by atoms with Crippen LogP contribution in [0.4, 0.5) is 10.2 Å². The fourth-order valence-electron chi connectivity index (χ4n) is 2.05. The van der Waals surface area contributed by atoms with E-state index in [4.69, 9.17) is 5.73 Å². The van der Waals surface area contributed by atoms with Crippen LogP contribution in [0.25, 0.3) is 22.4 Å². The minimum Gasteiger partial charge on any atom is -0.382 e. The molecule has 2 aromatic heterocycles. The van der Waals surface area contributed by atoms with Crippen molar-refractivity contribution in [3.8, 4) is 22.4 Å². The molecule has 1 aromatic carbocycles. The van der Waals surface area contributed by atoms with Crippen molar-refractivity contribution in [1.29, 1.82) is 0 Å². The summed E-state index contributed by atoms with van der Waals surface area (Å²) in [6, 6.07) is 8.13. The normalized spacial score (nSPS) is 10.7. The van der Waals surface area contributed by atoms with E-state index >= 15 is 0 Å². The van der Waals surface area contributed by atoms with Gasteiger partial charge in [0.2, 0.25) is 0 Å². The minimum absolute atomic E-state index is 0.322. The van der Waals surface area contributed by atoms with Gasteiger partial charge in [0.15, 0.2) is 5.82 Å². The molecule has 0 aliphatic carbocycles. The van der Waals surface area contributed by atoms with E-state index in [1.54, 1.807) is 18.5 Å². The quantitative estimate of drug-likeness (QED) is 0.753. The zero-order chi connectivity index (χ0) is 14.1. The fraction of sp³-hybridized carbons (Fsp3) is 0. The Morgan fingerprint density at radius 1 is 1.15 bits per heavy atom. The van der Waals surface area contributed by atoms with E-state index in [1.165, 1.54) is 12.1 Å². The molecule has 4 nitrogen and oxygen atoms in total. The second-order valence-electron chi connectivity index (χ2n) is 4.22. The number of pyridine rings is 1. The number of nitrogens with zero attached hydrogens (tertiary/aromatic N) is 2. The predicted octanol–water partition coefficient (Wildman–Crippen LogP) is 3.62. The van der Waals surface area contributed by atoms with Gasteiger partial charge in [0.25, 0.3) is 0 Å². The maximum Gasteiger partial charge on any atom is 0.153 e. The zero-order valence-electron chi connectivity index (χ0n) is 10.3. The van der Waals surface area contributed by atoms with Crippen LogP contribution >= 0.6 is 15.9 Å². The summed E-state index contributed by atoms with van der Waals surface area (Å²) in [5.74, 6) is 0.0411. The minimum atomic E-state index is -0.322. The Hall–Kier alpha value is -2.21. The Kier molecular flexibility index (Phi) is 3.23. The SMILES string of the molecule is Nc1n[nH]c(-c2cc(F)ccc2Br)c1-c1ccncc1. The summed E-state index contributed by atoms with van der Waals surface area (Å²) in [5, 5.41) is 6.89. The molecule has 0 unspecified atom stereocenters. The second kappa shape index (κ2) is 5.05. The van der Waals surface area contributed by atoms with Gasteiger partial charge in [-0.2, -0.15) is 5.10 Å². The van der Waals surface area contributed by atoms with Crippen LogP contribution in [-0.4, -0.2) is 15.2 Å². The lowest BCUT2D eigenvalue weighted by Gasteiger charge is -2.06. The lowest BCUT2D eigenvalue weighted by atomic mass is 10.0. The lowest BCUT2D eigenvalue weighted by Crippen LogP contribution is -1.90. The number of hydrogen-bond donors (Lipinski definition) is 2. The van der Waals surface area contributed by atoms with Gasteiger partial charge in [-0.1, -0.05) is 15.9 Å². The molecule has 0 aliphatic heterocycles. The molecule has 0 spiro atoms. The summed E-state index contributed by atoms with van der Waals surface area (Å²) in [7, 11) is 0. The number of H-pyrrole nitrogens is 1. The van der Waals surface area contributed by atoms with E-state index in [0.29, 0.717) is 17.1 Å². The van der Waals surface area contributed by atoms with Crippen LogP contribution in [0.3, 0.4) is 0 Å². The predicted molar refractivity (Wildman–Crippen MR) is 79.3 cm³/mol. The molecule has 0 saturated carbocycles. The van der Waals surface area contributed by atoms with Crippen molar-refractivity contribution in [1.82, 2.24) is 15.2 Å². The number of aromatic amines is 1. The largest absolute Gasteiger partial charge is 0.382 e. The fourth-order valence-corrected chi connectivity index (χ4v) is 2.50. The standard InChI is InChI=1S/C14H10BrFN4/c15-11-2-1-9(16)7-10(11)13-12(14(17)20-19-13)8-3-5-18-6-4-8/h1-7H,(H3,17,19,20). The third-order valence-electron chi connectivity index (χ3n) is 2.96. The second-order valence-corrected chi connectivity index (χ2v) is 5.07. The molecule has 3 rings (SSSR count). The van der Waals surface area contributed by atoms with Crippen LogP contribution in [0.1, 0.15) is 0 Å². The number of nitrogen functional groups attached to an aromatic ring is 1. The first-order chi connectivity index (χ1) is 9.66. The van der Waals surface area contributed by atoms with Gasteiger partial charge in [0.05, 0.1) is 11.3 Å². The molecule has 3 N–H and O–H groups in total. The molecule has 0 saturated heterocycles. The van der Waals surface area contributed by atoms with Crippen molar-refractivity contribution in [3.05, 3.63) is 53.0 Å². The van der Waals surface area contributed by atoms with Gasteiger partial charge in [0, 0.05) is 22.4 Å². The number of nitrogens with two attached hydrogens (primary N) is 1. The van der Waals surface area contributed by atoms with Crippen molar-refractivity contribution >= 4 is 21.7 Å². The summed E-state index contributed by atoms with van der Waals surface area (Å²) < 4.78 is 14.2. The number of hydrogen-bond acceptors (Lipinski definition) is 3. The molecule has 0 amide bonds. The zero-order valence-corrected chi connectivity index (χ0v) is 11.9. The molecule has 0 bridgehead atoms. The third-order valence-corrected chi connectivity index (χ3v) is 3.65. The van der Waals surface area contributed by atoms with E-state index < -0.39 is 0 Å². The van der Waals surface area contributed by atoms with E-state index in [1.807, 2.05) is 12.1 Å². The monoisotopic (exact) mass is 332 g/mol. The molecule has 20 heavy (non-hydrogen) atoms. The highest BCUT2D eigenvalue weighted by atomic mass is 79.9. The summed E-state index contributed by atoms with van der Waals surface area (Å²) in [4.78, 5) is 3.98. The highest BCUT2D eigenvalue weighted by Crippen LogP contribution is 2.37. The first kappa shape index (κ1) is 12.8. The van der Waals surface area contributed by atoms with E-state index in [-0.39, 0.29) is 5.82 Å². The van der Waals surface area contributed by atoms with Gasteiger partial charge in [-0.25, -0.2) is 4.39 Å². The van der Waals surface area contributed by atoms with Crippen molar-refractivity contribution in [2.45, 2.75) is 0 Å². The number of anilines is 1. The van der Waals surface area contributed by atoms with E-state index in [2.05, 4.69) is 31.1 Å². The van der Waals surface area contributed by atoms with Crippen LogP contribution in [-0.2, 0) is 0 Å². The maximum absolute atomic E-state index is 13.5. The Morgan fingerprint density at radius 2 is 1.90 bits per heavy atom. The summed E-state index contributed by atoms with van der Waals surface area (Å²) in [6.07, 6.45) is 3.35. The van der Waals surface area contributed by atoms with Gasteiger partial charge < -0.3 is 5.73 Å². The van der Waals surface area contributed by atoms with Crippen LogP contribution in [0, 0.1) is 5.82 Å². The number of aromatic nitrogens is 3. The Labute approximate surface area is 123 Å². The Morgan fingerprint density at radius 3 is 2.65 bits per heavy atom. The summed E-state index contributed by atoms with van der Waals surface area (Å²) in [6.45, 7) is 0. The van der Waals surface area contributed by atoms with Crippen molar-refractivity contribution in [3.63, 3.8) is 0 Å². The summed E-state index contributed by atoms with van der Waals surface area (Å²) >= 11 is 3.42. The highest BCUT2D eigenvalue weighted by molar-refractivity contribution is 9.10. The molecular weight excluding hydrogens is 323 g/mol.